The SMILES string of the molecule is Cc1ccccc1S(=O)(=O)N(C)Cc1ncc[nH]1. The molecule has 0 atom stereocenters. The van der Waals surface area contributed by atoms with Crippen LogP contribution >= 0.6 is 0 Å². The third-order valence-corrected chi connectivity index (χ3v) is 4.67. The van der Waals surface area contributed by atoms with E-state index in [1.165, 1.54) is 4.31 Å². The Morgan fingerprint density at radius 2 is 2.06 bits per heavy atom. The van der Waals surface area contributed by atoms with E-state index in [0.717, 1.165) is 5.56 Å². The van der Waals surface area contributed by atoms with Gasteiger partial charge < -0.3 is 4.98 Å². The topological polar surface area (TPSA) is 66.1 Å². The molecule has 0 aliphatic heterocycles. The van der Waals surface area contributed by atoms with E-state index in [1.807, 2.05) is 6.07 Å². The number of nitrogens with one attached hydrogen (secondary N) is 1. The summed E-state index contributed by atoms with van der Waals surface area (Å²) >= 11 is 0. The van der Waals surface area contributed by atoms with Gasteiger partial charge in [0.05, 0.1) is 11.4 Å². The molecule has 96 valence electrons. The summed E-state index contributed by atoms with van der Waals surface area (Å²) in [6.45, 7) is 2.01. The van der Waals surface area contributed by atoms with E-state index in [9.17, 15) is 8.42 Å². The molecule has 5 nitrogen and oxygen atoms in total. The van der Waals surface area contributed by atoms with E-state index in [2.05, 4.69) is 9.97 Å². The summed E-state index contributed by atoms with van der Waals surface area (Å²) in [7, 11) is -1.93. The summed E-state index contributed by atoms with van der Waals surface area (Å²) in [5.74, 6) is 0.620. The molecule has 0 spiro atoms. The molecule has 0 radical (unpaired) electrons. The Kier molecular flexibility index (Phi) is 3.49. The van der Waals surface area contributed by atoms with Crippen molar-refractivity contribution in [2.75, 3.05) is 7.05 Å². The van der Waals surface area contributed by atoms with Gasteiger partial charge in [0.15, 0.2) is 0 Å². The summed E-state index contributed by atoms with van der Waals surface area (Å²) in [5, 5.41) is 0. The van der Waals surface area contributed by atoms with E-state index >= 15 is 0 Å². The second-order valence-corrected chi connectivity index (χ2v) is 6.08. The Labute approximate surface area is 107 Å². The summed E-state index contributed by atoms with van der Waals surface area (Å²) in [4.78, 5) is 7.25. The fourth-order valence-electron chi connectivity index (χ4n) is 1.69. The number of sulfonamides is 1. The average Bonchev–Trinajstić information content (AvgIpc) is 2.82. The molecule has 0 aliphatic carbocycles. The van der Waals surface area contributed by atoms with Crippen molar-refractivity contribution in [3.63, 3.8) is 0 Å². The summed E-state index contributed by atoms with van der Waals surface area (Å²) in [6.07, 6.45) is 3.27. The largest absolute Gasteiger partial charge is 0.347 e. The highest BCUT2D eigenvalue weighted by atomic mass is 32.2. The maximum atomic E-state index is 12.4. The predicted molar refractivity (Wildman–Crippen MR) is 68.4 cm³/mol. The van der Waals surface area contributed by atoms with Crippen LogP contribution < -0.4 is 0 Å². The number of aromatic nitrogens is 2. The molecule has 1 aromatic heterocycles. The molecule has 0 amide bonds. The first kappa shape index (κ1) is 12.8. The smallest absolute Gasteiger partial charge is 0.243 e. The molecule has 0 saturated heterocycles. The van der Waals surface area contributed by atoms with Crippen LogP contribution in [0.2, 0.25) is 0 Å². The van der Waals surface area contributed by atoms with Crippen LogP contribution in [0.1, 0.15) is 11.4 Å². The Hall–Kier alpha value is -1.66. The fraction of sp³-hybridized carbons (Fsp3) is 0.250. The molecule has 0 aliphatic rings. The average molecular weight is 265 g/mol. The second-order valence-electron chi connectivity index (χ2n) is 4.06. The molecule has 0 bridgehead atoms. The molecule has 6 heteroatoms. The van der Waals surface area contributed by atoms with Gasteiger partial charge in [0.2, 0.25) is 10.0 Å². The minimum atomic E-state index is -3.47. The molecule has 0 unspecified atom stereocenters. The highest BCUT2D eigenvalue weighted by Crippen LogP contribution is 2.19. The van der Waals surface area contributed by atoms with Crippen LogP contribution in [0.25, 0.3) is 0 Å². The first-order chi connectivity index (χ1) is 8.51. The lowest BCUT2D eigenvalue weighted by Crippen LogP contribution is -2.27. The number of aryl methyl sites for hydroxylation is 1. The molecule has 1 aromatic carbocycles. The molecule has 0 saturated carbocycles. The van der Waals surface area contributed by atoms with Crippen LogP contribution in [0.15, 0.2) is 41.6 Å². The molecule has 1 heterocycles. The van der Waals surface area contributed by atoms with Gasteiger partial charge in [-0.25, -0.2) is 13.4 Å². The molecule has 2 aromatic rings. The maximum absolute atomic E-state index is 12.4. The molecule has 18 heavy (non-hydrogen) atoms. The van der Waals surface area contributed by atoms with Gasteiger partial charge in [0, 0.05) is 19.4 Å². The minimum Gasteiger partial charge on any atom is -0.347 e. The van der Waals surface area contributed by atoms with E-state index in [1.54, 1.807) is 44.6 Å². The van der Waals surface area contributed by atoms with Crippen molar-refractivity contribution in [3.8, 4) is 0 Å². The van der Waals surface area contributed by atoms with Crippen molar-refractivity contribution < 1.29 is 8.42 Å². The number of hydrogen-bond acceptors (Lipinski definition) is 3. The second kappa shape index (κ2) is 4.91. The highest BCUT2D eigenvalue weighted by Gasteiger charge is 2.22. The van der Waals surface area contributed by atoms with E-state index in [-0.39, 0.29) is 6.54 Å². The first-order valence-corrected chi connectivity index (χ1v) is 6.96. The Balaban J connectivity index is 2.29. The third-order valence-electron chi connectivity index (χ3n) is 2.71. The lowest BCUT2D eigenvalue weighted by Gasteiger charge is -2.17. The Bertz CT molecular complexity index is 621. The number of rotatable bonds is 4. The van der Waals surface area contributed by atoms with Crippen molar-refractivity contribution in [2.45, 2.75) is 18.4 Å². The van der Waals surface area contributed by atoms with E-state index < -0.39 is 10.0 Å². The summed E-state index contributed by atoms with van der Waals surface area (Å²) < 4.78 is 26.0. The zero-order valence-electron chi connectivity index (χ0n) is 10.3. The van der Waals surface area contributed by atoms with Crippen molar-refractivity contribution in [1.29, 1.82) is 0 Å². The number of H-pyrrole nitrogens is 1. The van der Waals surface area contributed by atoms with Gasteiger partial charge in [-0.3, -0.25) is 0 Å². The third kappa shape index (κ3) is 2.44. The van der Waals surface area contributed by atoms with Gasteiger partial charge in [-0.05, 0) is 18.6 Å². The van der Waals surface area contributed by atoms with Crippen molar-refractivity contribution in [3.05, 3.63) is 48.0 Å². The number of benzene rings is 1. The van der Waals surface area contributed by atoms with Crippen molar-refractivity contribution >= 4 is 10.0 Å². The van der Waals surface area contributed by atoms with Gasteiger partial charge in [0.25, 0.3) is 0 Å². The van der Waals surface area contributed by atoms with Gasteiger partial charge >= 0.3 is 0 Å². The lowest BCUT2D eigenvalue weighted by atomic mass is 10.2. The number of aromatic amines is 1. The molecular formula is C12H15N3O2S. The van der Waals surface area contributed by atoms with Gasteiger partial charge in [-0.15, -0.1) is 0 Å². The summed E-state index contributed by atoms with van der Waals surface area (Å²) in [5.41, 5.74) is 0.740. The van der Waals surface area contributed by atoms with Crippen LogP contribution in [0.4, 0.5) is 0 Å². The van der Waals surface area contributed by atoms with Crippen LogP contribution in [0, 0.1) is 6.92 Å². The zero-order valence-corrected chi connectivity index (χ0v) is 11.1. The van der Waals surface area contributed by atoms with Crippen molar-refractivity contribution in [1.82, 2.24) is 14.3 Å². The molecular weight excluding hydrogens is 250 g/mol. The van der Waals surface area contributed by atoms with Crippen LogP contribution in [0.3, 0.4) is 0 Å². The van der Waals surface area contributed by atoms with Crippen LogP contribution in [-0.4, -0.2) is 29.7 Å². The number of hydrogen-bond donors (Lipinski definition) is 1. The Morgan fingerprint density at radius 3 is 2.67 bits per heavy atom. The monoisotopic (exact) mass is 265 g/mol. The quantitative estimate of drug-likeness (QED) is 0.912. The van der Waals surface area contributed by atoms with Gasteiger partial charge in [0.1, 0.15) is 5.82 Å². The standard InChI is InChI=1S/C12H15N3O2S/c1-10-5-3-4-6-11(10)18(16,17)15(2)9-12-13-7-8-14-12/h3-8H,9H2,1-2H3,(H,13,14). The highest BCUT2D eigenvalue weighted by molar-refractivity contribution is 7.89. The van der Waals surface area contributed by atoms with E-state index in [4.69, 9.17) is 0 Å². The number of imidazole rings is 1. The summed E-state index contributed by atoms with van der Waals surface area (Å²) in [6, 6.07) is 6.94. The predicted octanol–water partition coefficient (Wildman–Crippen LogP) is 1.54. The van der Waals surface area contributed by atoms with Crippen LogP contribution in [-0.2, 0) is 16.6 Å². The normalized spacial score (nSPS) is 11.9. The molecule has 1 N–H and O–H groups in total. The van der Waals surface area contributed by atoms with E-state index in [0.29, 0.717) is 10.7 Å². The fourth-order valence-corrected chi connectivity index (χ4v) is 3.05. The first-order valence-electron chi connectivity index (χ1n) is 5.52. The maximum Gasteiger partial charge on any atom is 0.243 e. The zero-order chi connectivity index (χ0) is 13.2. The number of nitrogens with zero attached hydrogens (tertiary/aromatic N) is 2. The van der Waals surface area contributed by atoms with Gasteiger partial charge in [-0.2, -0.15) is 4.31 Å². The molecule has 0 fully saturated rings. The Morgan fingerprint density at radius 1 is 1.33 bits per heavy atom. The van der Waals surface area contributed by atoms with Crippen LogP contribution in [0.5, 0.6) is 0 Å². The lowest BCUT2D eigenvalue weighted by molar-refractivity contribution is 0.457. The minimum absolute atomic E-state index is 0.226. The molecule has 2 rings (SSSR count). The van der Waals surface area contributed by atoms with Crippen molar-refractivity contribution in [2.24, 2.45) is 0 Å². The van der Waals surface area contributed by atoms with Gasteiger partial charge in [-0.1, -0.05) is 18.2 Å².